The second-order valence-corrected chi connectivity index (χ2v) is 6.34. The van der Waals surface area contributed by atoms with E-state index in [1.54, 1.807) is 30.5 Å². The molecule has 0 aliphatic rings. The molecule has 1 aromatic heterocycles. The molecular weight excluding hydrogens is 370 g/mol. The number of esters is 1. The normalized spacial score (nSPS) is 11.0. The first-order chi connectivity index (χ1) is 14.0. The molecule has 150 valence electrons. The van der Waals surface area contributed by atoms with Gasteiger partial charge < -0.3 is 14.0 Å². The van der Waals surface area contributed by atoms with Crippen LogP contribution >= 0.6 is 0 Å². The molecule has 0 aliphatic carbocycles. The monoisotopic (exact) mass is 393 g/mol. The molecule has 7 nitrogen and oxygen atoms in total. The zero-order valence-corrected chi connectivity index (χ0v) is 16.6. The Hall–Kier alpha value is -3.61. The molecule has 0 unspecified atom stereocenters. The predicted molar refractivity (Wildman–Crippen MR) is 111 cm³/mol. The Morgan fingerprint density at radius 1 is 1.14 bits per heavy atom. The number of amides is 1. The molecule has 3 rings (SSSR count). The predicted octanol–water partition coefficient (Wildman–Crippen LogP) is 3.29. The molecule has 0 fully saturated rings. The van der Waals surface area contributed by atoms with E-state index in [-0.39, 0.29) is 18.4 Å². The lowest BCUT2D eigenvalue weighted by atomic mass is 10.1. The van der Waals surface area contributed by atoms with Crippen molar-refractivity contribution in [2.24, 2.45) is 5.10 Å². The lowest BCUT2D eigenvalue weighted by molar-refractivity contribution is -0.141. The van der Waals surface area contributed by atoms with Crippen LogP contribution in [0.4, 0.5) is 0 Å². The van der Waals surface area contributed by atoms with E-state index >= 15 is 0 Å². The van der Waals surface area contributed by atoms with Crippen molar-refractivity contribution in [3.05, 3.63) is 65.4 Å². The fourth-order valence-electron chi connectivity index (χ4n) is 3.11. The SMILES string of the molecule is CCOc1ccc(C(=O)N/N=C\c2c(C)n(CC(=O)OC)c3ccccc23)cc1. The zero-order valence-electron chi connectivity index (χ0n) is 16.6. The number of hydrazone groups is 1. The molecule has 1 heterocycles. The van der Waals surface area contributed by atoms with Crippen LogP contribution in [0.2, 0.25) is 0 Å². The quantitative estimate of drug-likeness (QED) is 0.379. The summed E-state index contributed by atoms with van der Waals surface area (Å²) < 4.78 is 12.0. The van der Waals surface area contributed by atoms with Crippen molar-refractivity contribution in [2.45, 2.75) is 20.4 Å². The fraction of sp³-hybridized carbons (Fsp3) is 0.227. The number of hydrogen-bond donors (Lipinski definition) is 1. The third-order valence-corrected chi connectivity index (χ3v) is 4.58. The van der Waals surface area contributed by atoms with E-state index in [1.165, 1.54) is 7.11 Å². The maximum Gasteiger partial charge on any atom is 0.325 e. The van der Waals surface area contributed by atoms with Crippen molar-refractivity contribution in [3.63, 3.8) is 0 Å². The number of fused-ring (bicyclic) bond motifs is 1. The molecule has 0 bridgehead atoms. The van der Waals surface area contributed by atoms with E-state index in [9.17, 15) is 9.59 Å². The maximum atomic E-state index is 12.3. The summed E-state index contributed by atoms with van der Waals surface area (Å²) in [5.41, 5.74) is 5.61. The first-order valence-electron chi connectivity index (χ1n) is 9.26. The third kappa shape index (κ3) is 4.45. The fourth-order valence-corrected chi connectivity index (χ4v) is 3.11. The summed E-state index contributed by atoms with van der Waals surface area (Å²) >= 11 is 0. The van der Waals surface area contributed by atoms with Gasteiger partial charge in [0.05, 0.1) is 19.9 Å². The summed E-state index contributed by atoms with van der Waals surface area (Å²) in [6.07, 6.45) is 1.60. The smallest absolute Gasteiger partial charge is 0.325 e. The Morgan fingerprint density at radius 3 is 2.55 bits per heavy atom. The van der Waals surface area contributed by atoms with E-state index in [4.69, 9.17) is 9.47 Å². The summed E-state index contributed by atoms with van der Waals surface area (Å²) in [6, 6.07) is 14.6. The topological polar surface area (TPSA) is 81.9 Å². The second-order valence-electron chi connectivity index (χ2n) is 6.34. The summed E-state index contributed by atoms with van der Waals surface area (Å²) in [4.78, 5) is 24.1. The van der Waals surface area contributed by atoms with Crippen LogP contribution in [0, 0.1) is 6.92 Å². The summed E-state index contributed by atoms with van der Waals surface area (Å²) in [5.74, 6) is 0.0583. The molecule has 1 amide bonds. The van der Waals surface area contributed by atoms with Gasteiger partial charge in [0.15, 0.2) is 0 Å². The molecule has 0 saturated carbocycles. The molecule has 0 radical (unpaired) electrons. The van der Waals surface area contributed by atoms with E-state index in [2.05, 4.69) is 10.5 Å². The highest BCUT2D eigenvalue weighted by molar-refractivity contribution is 6.02. The molecule has 1 N–H and O–H groups in total. The molecular formula is C22H23N3O4. The molecule has 0 saturated heterocycles. The number of ether oxygens (including phenoxy) is 2. The number of rotatable bonds is 7. The van der Waals surface area contributed by atoms with Crippen LogP contribution in [0.15, 0.2) is 53.6 Å². The lowest BCUT2D eigenvalue weighted by Gasteiger charge is -2.06. The van der Waals surface area contributed by atoms with E-state index in [1.807, 2.05) is 42.7 Å². The number of nitrogens with one attached hydrogen (secondary N) is 1. The number of benzene rings is 2. The lowest BCUT2D eigenvalue weighted by Crippen LogP contribution is -2.17. The van der Waals surface area contributed by atoms with Crippen molar-refractivity contribution in [3.8, 4) is 5.75 Å². The van der Waals surface area contributed by atoms with E-state index in [0.29, 0.717) is 17.9 Å². The minimum Gasteiger partial charge on any atom is -0.494 e. The Morgan fingerprint density at radius 2 is 1.86 bits per heavy atom. The van der Waals surface area contributed by atoms with Crippen LogP contribution in [0.1, 0.15) is 28.5 Å². The molecule has 2 aromatic carbocycles. The van der Waals surface area contributed by atoms with E-state index in [0.717, 1.165) is 22.2 Å². The third-order valence-electron chi connectivity index (χ3n) is 4.58. The van der Waals surface area contributed by atoms with Crippen molar-refractivity contribution in [1.29, 1.82) is 0 Å². The van der Waals surface area contributed by atoms with Crippen molar-refractivity contribution in [2.75, 3.05) is 13.7 Å². The highest BCUT2D eigenvalue weighted by Gasteiger charge is 2.15. The van der Waals surface area contributed by atoms with Crippen molar-refractivity contribution >= 4 is 29.0 Å². The molecule has 0 spiro atoms. The van der Waals surface area contributed by atoms with E-state index < -0.39 is 0 Å². The minimum absolute atomic E-state index is 0.106. The average Bonchev–Trinajstić information content (AvgIpc) is 3.00. The number of methoxy groups -OCH3 is 1. The number of hydrogen-bond acceptors (Lipinski definition) is 5. The van der Waals surface area contributed by atoms with Gasteiger partial charge in [0.2, 0.25) is 0 Å². The Balaban J connectivity index is 1.80. The molecule has 29 heavy (non-hydrogen) atoms. The largest absolute Gasteiger partial charge is 0.494 e. The Kier molecular flexibility index (Phi) is 6.29. The standard InChI is InChI=1S/C22H23N3O4/c1-4-29-17-11-9-16(10-12-17)22(27)24-23-13-19-15(2)25(14-21(26)28-3)20-8-6-5-7-18(19)20/h5-13H,4,14H2,1-3H3,(H,24,27)/b23-13-. The van der Waals surface area contributed by atoms with Crippen LogP contribution in [0.3, 0.4) is 0 Å². The Labute approximate surface area is 168 Å². The molecule has 0 atom stereocenters. The van der Waals surface area contributed by atoms with Crippen molar-refractivity contribution < 1.29 is 19.1 Å². The zero-order chi connectivity index (χ0) is 20.8. The van der Waals surface area contributed by atoms with Gasteiger partial charge >= 0.3 is 5.97 Å². The maximum absolute atomic E-state index is 12.3. The first kappa shape index (κ1) is 20.1. The number of carbonyl (C=O) groups excluding carboxylic acids is 2. The number of aromatic nitrogens is 1. The van der Waals surface area contributed by atoms with Gasteiger partial charge in [-0.2, -0.15) is 5.10 Å². The van der Waals surface area contributed by atoms with Gasteiger partial charge in [-0.3, -0.25) is 9.59 Å². The highest BCUT2D eigenvalue weighted by atomic mass is 16.5. The highest BCUT2D eigenvalue weighted by Crippen LogP contribution is 2.24. The number of carbonyl (C=O) groups is 2. The van der Waals surface area contributed by atoms with Crippen LogP contribution < -0.4 is 10.2 Å². The van der Waals surface area contributed by atoms with Gasteiger partial charge in [0.1, 0.15) is 12.3 Å². The Bertz CT molecular complexity index is 1050. The number of para-hydroxylation sites is 1. The molecule has 0 aliphatic heterocycles. The number of nitrogens with zero attached hydrogens (tertiary/aromatic N) is 2. The molecule has 7 heteroatoms. The summed E-state index contributed by atoms with van der Waals surface area (Å²) in [6.45, 7) is 4.48. The first-order valence-corrected chi connectivity index (χ1v) is 9.26. The van der Waals surface area contributed by atoms with Gasteiger partial charge in [-0.15, -0.1) is 0 Å². The van der Waals surface area contributed by atoms with Gasteiger partial charge in [-0.25, -0.2) is 5.43 Å². The van der Waals surface area contributed by atoms with Crippen LogP contribution in [-0.2, 0) is 16.1 Å². The van der Waals surface area contributed by atoms with Gasteiger partial charge in [0, 0.05) is 27.7 Å². The van der Waals surface area contributed by atoms with Crippen LogP contribution in [0.5, 0.6) is 5.75 Å². The van der Waals surface area contributed by atoms with Gasteiger partial charge in [-0.1, -0.05) is 18.2 Å². The van der Waals surface area contributed by atoms with Crippen LogP contribution in [-0.4, -0.2) is 36.4 Å². The molecule has 3 aromatic rings. The summed E-state index contributed by atoms with van der Waals surface area (Å²) in [7, 11) is 1.36. The van der Waals surface area contributed by atoms with Gasteiger partial charge in [0.25, 0.3) is 5.91 Å². The van der Waals surface area contributed by atoms with Crippen molar-refractivity contribution in [1.82, 2.24) is 9.99 Å². The minimum atomic E-state index is -0.332. The van der Waals surface area contributed by atoms with Gasteiger partial charge in [-0.05, 0) is 44.2 Å². The second kappa shape index (κ2) is 9.05. The summed E-state index contributed by atoms with van der Waals surface area (Å²) in [5, 5.41) is 5.05. The average molecular weight is 393 g/mol. The van der Waals surface area contributed by atoms with Crippen LogP contribution in [0.25, 0.3) is 10.9 Å².